The molecule has 0 bridgehead atoms. The predicted molar refractivity (Wildman–Crippen MR) is 219 cm³/mol. The van der Waals surface area contributed by atoms with E-state index in [4.69, 9.17) is 9.47 Å². The topological polar surface area (TPSA) is 55.8 Å². The van der Waals surface area contributed by atoms with Crippen molar-refractivity contribution in [2.24, 2.45) is 0 Å². The molecule has 1 atom stereocenters. The normalized spacial score (nSPS) is 13.1. The molecule has 0 fully saturated rings. The lowest BCUT2D eigenvalue weighted by Gasteiger charge is -2.15. The Morgan fingerprint density at radius 2 is 0.900 bits per heavy atom. The minimum Gasteiger partial charge on any atom is -0.457 e. The van der Waals surface area contributed by atoms with Crippen LogP contribution in [-0.4, -0.2) is 37.0 Å². The van der Waals surface area contributed by atoms with E-state index < -0.39 is 6.10 Å². The van der Waals surface area contributed by atoms with Crippen LogP contribution in [0.5, 0.6) is 0 Å². The minimum atomic E-state index is -0.543. The van der Waals surface area contributed by atoms with E-state index in [-0.39, 0.29) is 19.2 Å². The van der Waals surface area contributed by atoms with Gasteiger partial charge in [0.25, 0.3) is 0 Å². The van der Waals surface area contributed by atoms with Crippen molar-refractivity contribution in [3.63, 3.8) is 0 Å². The third-order valence-corrected chi connectivity index (χ3v) is 8.77. The fraction of sp³-hybridized carbons (Fsp3) is 0.717. The van der Waals surface area contributed by atoms with Crippen LogP contribution in [-0.2, 0) is 14.3 Å². The molecule has 1 N–H and O–H groups in total. The molecule has 0 aliphatic rings. The van der Waals surface area contributed by atoms with Crippen molar-refractivity contribution in [2.75, 3.05) is 19.8 Å². The highest BCUT2D eigenvalue weighted by Crippen LogP contribution is 2.13. The third-order valence-electron chi connectivity index (χ3n) is 8.77. The van der Waals surface area contributed by atoms with Crippen LogP contribution in [0.1, 0.15) is 187 Å². The Morgan fingerprint density at radius 3 is 1.38 bits per heavy atom. The first kappa shape index (κ1) is 47.8. The summed E-state index contributed by atoms with van der Waals surface area (Å²) in [4.78, 5) is 12.1. The molecule has 1 unspecified atom stereocenters. The molecule has 288 valence electrons. The molecule has 50 heavy (non-hydrogen) atoms. The van der Waals surface area contributed by atoms with E-state index in [1.807, 2.05) is 0 Å². The lowest BCUT2D eigenvalue weighted by atomic mass is 10.1. The summed E-state index contributed by atoms with van der Waals surface area (Å²) in [6, 6.07) is 0. The number of esters is 1. The summed E-state index contributed by atoms with van der Waals surface area (Å²) < 4.78 is 11.1. The second-order valence-electron chi connectivity index (χ2n) is 13.7. The van der Waals surface area contributed by atoms with Gasteiger partial charge in [-0.2, -0.15) is 0 Å². The predicted octanol–water partition coefficient (Wildman–Crippen LogP) is 13.8. The van der Waals surface area contributed by atoms with Gasteiger partial charge >= 0.3 is 5.97 Å². The van der Waals surface area contributed by atoms with Gasteiger partial charge in [-0.25, -0.2) is 0 Å². The number of hydrogen-bond acceptors (Lipinski definition) is 4. The SMILES string of the molecule is CC/C=C\C/C=C\C/C=C\C/C=C\C/C=C\CCCCCCCCCCCCOCC(CO)OC(=O)CCCCCCC/C=C\CCCCC. The van der Waals surface area contributed by atoms with E-state index in [1.165, 1.54) is 109 Å². The van der Waals surface area contributed by atoms with Gasteiger partial charge in [-0.3, -0.25) is 4.79 Å². The first-order valence-electron chi connectivity index (χ1n) is 21.0. The molecule has 0 aromatic heterocycles. The Balaban J connectivity index is 3.46. The van der Waals surface area contributed by atoms with E-state index in [0.29, 0.717) is 13.0 Å². The fourth-order valence-electron chi connectivity index (χ4n) is 5.64. The number of carbonyl (C=O) groups excluding carboxylic acids is 1. The quantitative estimate of drug-likeness (QED) is 0.0397. The van der Waals surface area contributed by atoms with Crippen molar-refractivity contribution in [2.45, 2.75) is 193 Å². The molecule has 0 saturated heterocycles. The number of allylic oxidation sites excluding steroid dienone is 12. The summed E-state index contributed by atoms with van der Waals surface area (Å²) in [5.41, 5.74) is 0. The highest BCUT2D eigenvalue weighted by atomic mass is 16.6. The third kappa shape index (κ3) is 40.3. The van der Waals surface area contributed by atoms with E-state index in [0.717, 1.165) is 57.8 Å². The van der Waals surface area contributed by atoms with Crippen LogP contribution in [0.15, 0.2) is 72.9 Å². The lowest BCUT2D eigenvalue weighted by Crippen LogP contribution is -2.27. The number of hydrogen-bond donors (Lipinski definition) is 1. The molecule has 4 heteroatoms. The molecular formula is C46H80O4. The van der Waals surface area contributed by atoms with Crippen LogP contribution in [0.3, 0.4) is 0 Å². The van der Waals surface area contributed by atoms with Gasteiger partial charge in [0.05, 0.1) is 13.2 Å². The van der Waals surface area contributed by atoms with Gasteiger partial charge < -0.3 is 14.6 Å². The molecule has 0 aliphatic carbocycles. The molecule has 4 nitrogen and oxygen atoms in total. The van der Waals surface area contributed by atoms with Gasteiger partial charge in [0.1, 0.15) is 6.10 Å². The summed E-state index contributed by atoms with van der Waals surface area (Å²) >= 11 is 0. The Bertz CT molecular complexity index is 865. The molecule has 0 amide bonds. The first-order valence-corrected chi connectivity index (χ1v) is 21.0. The van der Waals surface area contributed by atoms with Crippen LogP contribution in [0.25, 0.3) is 0 Å². The first-order chi connectivity index (χ1) is 24.7. The standard InChI is InChI=1S/C46H80O4/c1-3-5-7-9-11-13-15-17-18-19-20-21-22-23-24-25-26-27-28-29-30-32-34-36-38-40-42-49-44-45(43-47)50-46(48)41-39-37-35-33-31-16-14-12-10-8-6-4-2/h5,7,11-14,17-18,20-21,23-24,45,47H,3-4,6,8-10,15-16,19,22,25-44H2,1-2H3/b7-5-,13-11-,14-12-,18-17-,21-20-,24-23-. The smallest absolute Gasteiger partial charge is 0.306 e. The van der Waals surface area contributed by atoms with Crippen molar-refractivity contribution in [3.8, 4) is 0 Å². The van der Waals surface area contributed by atoms with Crippen LogP contribution >= 0.6 is 0 Å². The van der Waals surface area contributed by atoms with Crippen LogP contribution in [0, 0.1) is 0 Å². The zero-order chi connectivity index (χ0) is 36.3. The number of ether oxygens (including phenoxy) is 2. The molecule has 0 radical (unpaired) electrons. The molecule has 0 aromatic carbocycles. The maximum atomic E-state index is 12.1. The van der Waals surface area contributed by atoms with Gasteiger partial charge in [-0.15, -0.1) is 0 Å². The van der Waals surface area contributed by atoms with Gasteiger partial charge in [0.2, 0.25) is 0 Å². The van der Waals surface area contributed by atoms with Crippen molar-refractivity contribution < 1.29 is 19.4 Å². The van der Waals surface area contributed by atoms with Crippen molar-refractivity contribution in [1.29, 1.82) is 0 Å². The largest absolute Gasteiger partial charge is 0.457 e. The lowest BCUT2D eigenvalue weighted by molar-refractivity contribution is -0.154. The molecule has 0 spiro atoms. The second kappa shape index (κ2) is 43.0. The van der Waals surface area contributed by atoms with Gasteiger partial charge in [-0.1, -0.05) is 170 Å². The molecule has 0 saturated carbocycles. The Kier molecular flexibility index (Phi) is 41.1. The number of rotatable bonds is 38. The monoisotopic (exact) mass is 697 g/mol. The van der Waals surface area contributed by atoms with E-state index in [9.17, 15) is 9.90 Å². The Hall–Kier alpha value is -2.17. The van der Waals surface area contributed by atoms with Crippen LogP contribution in [0.4, 0.5) is 0 Å². The average Bonchev–Trinajstić information content (AvgIpc) is 3.12. The Labute approximate surface area is 310 Å². The van der Waals surface area contributed by atoms with Gasteiger partial charge in [0.15, 0.2) is 0 Å². The van der Waals surface area contributed by atoms with Gasteiger partial charge in [-0.05, 0) is 83.5 Å². The number of aliphatic hydroxyl groups excluding tert-OH is 1. The maximum absolute atomic E-state index is 12.1. The summed E-state index contributed by atoms with van der Waals surface area (Å²) in [5.74, 6) is -0.215. The zero-order valence-electron chi connectivity index (χ0n) is 32.9. The Morgan fingerprint density at radius 1 is 0.500 bits per heavy atom. The zero-order valence-corrected chi connectivity index (χ0v) is 32.9. The molecule has 0 aromatic rings. The summed E-state index contributed by atoms with van der Waals surface area (Å²) in [6.45, 7) is 5.18. The molecule has 0 heterocycles. The fourth-order valence-corrected chi connectivity index (χ4v) is 5.64. The van der Waals surface area contributed by atoms with Crippen molar-refractivity contribution >= 4 is 5.97 Å². The molecular weight excluding hydrogens is 617 g/mol. The van der Waals surface area contributed by atoms with Crippen molar-refractivity contribution in [3.05, 3.63) is 72.9 Å². The summed E-state index contributed by atoms with van der Waals surface area (Å²) in [7, 11) is 0. The minimum absolute atomic E-state index is 0.179. The second-order valence-corrected chi connectivity index (χ2v) is 13.7. The van der Waals surface area contributed by atoms with Crippen LogP contribution < -0.4 is 0 Å². The maximum Gasteiger partial charge on any atom is 0.306 e. The van der Waals surface area contributed by atoms with Crippen LogP contribution in [0.2, 0.25) is 0 Å². The highest BCUT2D eigenvalue weighted by Gasteiger charge is 2.13. The average molecular weight is 697 g/mol. The van der Waals surface area contributed by atoms with E-state index >= 15 is 0 Å². The number of carbonyl (C=O) groups is 1. The number of unbranched alkanes of at least 4 members (excludes halogenated alkanes) is 18. The van der Waals surface area contributed by atoms with E-state index in [1.54, 1.807) is 0 Å². The van der Waals surface area contributed by atoms with E-state index in [2.05, 4.69) is 86.8 Å². The van der Waals surface area contributed by atoms with Crippen molar-refractivity contribution in [1.82, 2.24) is 0 Å². The molecule has 0 aliphatic heterocycles. The number of aliphatic hydroxyl groups is 1. The summed E-state index contributed by atoms with van der Waals surface area (Å²) in [6.07, 6.45) is 58.2. The highest BCUT2D eigenvalue weighted by molar-refractivity contribution is 5.69. The summed E-state index contributed by atoms with van der Waals surface area (Å²) in [5, 5.41) is 9.58. The molecule has 0 rings (SSSR count). The van der Waals surface area contributed by atoms with Gasteiger partial charge in [0, 0.05) is 13.0 Å².